The summed E-state index contributed by atoms with van der Waals surface area (Å²) >= 11 is 1.49. The van der Waals surface area contributed by atoms with Crippen LogP contribution in [0.15, 0.2) is 23.1 Å². The van der Waals surface area contributed by atoms with Crippen LogP contribution in [0.1, 0.15) is 12.0 Å². The first-order valence-electron chi connectivity index (χ1n) is 5.39. The summed E-state index contributed by atoms with van der Waals surface area (Å²) in [7, 11) is 0. The van der Waals surface area contributed by atoms with E-state index in [-0.39, 0.29) is 12.4 Å². The Bertz CT molecular complexity index is 423. The zero-order chi connectivity index (χ0) is 11.2. The van der Waals surface area contributed by atoms with Crippen molar-refractivity contribution in [1.82, 2.24) is 0 Å². The van der Waals surface area contributed by atoms with Crippen molar-refractivity contribution in [3.8, 4) is 0 Å². The summed E-state index contributed by atoms with van der Waals surface area (Å²) in [6.07, 6.45) is 0.148. The largest absolute Gasteiger partial charge is 0.378 e. The van der Waals surface area contributed by atoms with Gasteiger partial charge in [0.2, 0.25) is 0 Å². The van der Waals surface area contributed by atoms with E-state index in [0.29, 0.717) is 25.0 Å². The maximum atomic E-state index is 14.0. The highest BCUT2D eigenvalue weighted by Gasteiger charge is 2.47. The van der Waals surface area contributed by atoms with Gasteiger partial charge < -0.3 is 4.74 Å². The molecule has 1 aromatic carbocycles. The molecule has 86 valence electrons. The van der Waals surface area contributed by atoms with Crippen molar-refractivity contribution in [3.63, 3.8) is 0 Å². The highest BCUT2D eigenvalue weighted by molar-refractivity contribution is 8.01. The molecule has 2 heterocycles. The van der Waals surface area contributed by atoms with Crippen molar-refractivity contribution < 1.29 is 13.5 Å². The van der Waals surface area contributed by atoms with E-state index in [1.54, 1.807) is 6.07 Å². The Morgan fingerprint density at radius 3 is 3.06 bits per heavy atom. The molecule has 0 N–H and O–H groups in total. The molecule has 1 nitrogen and oxygen atoms in total. The van der Waals surface area contributed by atoms with Crippen LogP contribution in [0.4, 0.5) is 8.78 Å². The molecule has 4 heteroatoms. The van der Waals surface area contributed by atoms with Gasteiger partial charge in [0.15, 0.2) is 0 Å². The van der Waals surface area contributed by atoms with Crippen LogP contribution in [0.2, 0.25) is 0 Å². The van der Waals surface area contributed by atoms with E-state index in [0.717, 1.165) is 4.90 Å². The van der Waals surface area contributed by atoms with Gasteiger partial charge in [0.1, 0.15) is 12.0 Å². The summed E-state index contributed by atoms with van der Waals surface area (Å²) in [6.45, 7) is 0.714. The van der Waals surface area contributed by atoms with E-state index in [1.807, 2.05) is 6.07 Å². The Hall–Kier alpha value is -0.610. The van der Waals surface area contributed by atoms with E-state index >= 15 is 0 Å². The van der Waals surface area contributed by atoms with Gasteiger partial charge in [-0.1, -0.05) is 6.07 Å². The summed E-state index contributed by atoms with van der Waals surface area (Å²) in [5.41, 5.74) is 0.678. The molecule has 0 aliphatic carbocycles. The molecule has 1 spiro atoms. The summed E-state index contributed by atoms with van der Waals surface area (Å²) < 4.78 is 32.2. The lowest BCUT2D eigenvalue weighted by Crippen LogP contribution is -2.44. The molecule has 2 aliphatic rings. The molecule has 0 saturated carbocycles. The Kier molecular flexibility index (Phi) is 2.44. The number of halogens is 2. The van der Waals surface area contributed by atoms with Crippen LogP contribution in [-0.2, 0) is 11.2 Å². The van der Waals surface area contributed by atoms with Gasteiger partial charge in [0.25, 0.3) is 0 Å². The fraction of sp³-hybridized carbons (Fsp3) is 0.500. The molecule has 0 bridgehead atoms. The average molecular weight is 242 g/mol. The van der Waals surface area contributed by atoms with Crippen LogP contribution in [0, 0.1) is 5.82 Å². The minimum Gasteiger partial charge on any atom is -0.378 e. The molecule has 0 aromatic heterocycles. The third-order valence-electron chi connectivity index (χ3n) is 3.37. The van der Waals surface area contributed by atoms with Crippen LogP contribution < -0.4 is 0 Å². The normalized spacial score (nSPS) is 33.0. The Labute approximate surface area is 97.2 Å². The molecule has 1 fully saturated rings. The van der Waals surface area contributed by atoms with Gasteiger partial charge in [-0.3, -0.25) is 0 Å². The van der Waals surface area contributed by atoms with E-state index in [1.165, 1.54) is 17.8 Å². The maximum absolute atomic E-state index is 14.0. The Morgan fingerprint density at radius 1 is 1.44 bits per heavy atom. The zero-order valence-corrected chi connectivity index (χ0v) is 9.53. The molecule has 0 amide bonds. The third-order valence-corrected chi connectivity index (χ3v) is 4.98. The Balaban J connectivity index is 1.97. The molecule has 1 saturated heterocycles. The smallest absolute Gasteiger partial charge is 0.139 e. The first-order valence-corrected chi connectivity index (χ1v) is 6.21. The van der Waals surface area contributed by atoms with Gasteiger partial charge >= 0.3 is 0 Å². The van der Waals surface area contributed by atoms with Crippen LogP contribution in [0.25, 0.3) is 0 Å². The molecule has 16 heavy (non-hydrogen) atoms. The highest BCUT2D eigenvalue weighted by atomic mass is 32.2. The topological polar surface area (TPSA) is 9.23 Å². The first-order chi connectivity index (χ1) is 7.71. The van der Waals surface area contributed by atoms with Gasteiger partial charge in [-0.15, -0.1) is 11.8 Å². The van der Waals surface area contributed by atoms with Crippen molar-refractivity contribution in [2.45, 2.75) is 28.7 Å². The molecule has 2 aliphatic heterocycles. The van der Waals surface area contributed by atoms with Crippen LogP contribution in [-0.4, -0.2) is 24.1 Å². The number of benzene rings is 1. The number of hydrogen-bond donors (Lipinski definition) is 0. The quantitative estimate of drug-likeness (QED) is 0.691. The lowest BCUT2D eigenvalue weighted by molar-refractivity contribution is 0.0132. The van der Waals surface area contributed by atoms with Crippen molar-refractivity contribution in [3.05, 3.63) is 29.6 Å². The number of alkyl halides is 1. The molecule has 3 rings (SSSR count). The van der Waals surface area contributed by atoms with Crippen molar-refractivity contribution in [2.24, 2.45) is 0 Å². The average Bonchev–Trinajstić information content (AvgIpc) is 2.64. The van der Waals surface area contributed by atoms with Crippen LogP contribution in [0.5, 0.6) is 0 Å². The van der Waals surface area contributed by atoms with E-state index in [2.05, 4.69) is 0 Å². The summed E-state index contributed by atoms with van der Waals surface area (Å²) in [5.74, 6) is -0.208. The van der Waals surface area contributed by atoms with Crippen molar-refractivity contribution in [1.29, 1.82) is 0 Å². The molecule has 2 unspecified atom stereocenters. The second-order valence-corrected chi connectivity index (χ2v) is 5.81. The SMILES string of the molecule is Fc1cccc2c1CC1(CCOCC1F)S2. The van der Waals surface area contributed by atoms with E-state index in [9.17, 15) is 8.78 Å². The molecular formula is C12H12F2OS. The van der Waals surface area contributed by atoms with Gasteiger partial charge in [0.05, 0.1) is 11.4 Å². The van der Waals surface area contributed by atoms with Crippen molar-refractivity contribution >= 4 is 11.8 Å². The minimum absolute atomic E-state index is 0.141. The monoisotopic (exact) mass is 242 g/mol. The summed E-state index contributed by atoms with van der Waals surface area (Å²) in [4.78, 5) is 0.893. The number of fused-ring (bicyclic) bond motifs is 1. The second-order valence-electron chi connectivity index (χ2n) is 4.35. The lowest BCUT2D eigenvalue weighted by atomic mass is 9.90. The predicted octanol–water partition coefficient (Wildman–Crippen LogP) is 2.97. The van der Waals surface area contributed by atoms with Gasteiger partial charge in [-0.05, 0) is 25.0 Å². The number of rotatable bonds is 0. The lowest BCUT2D eigenvalue weighted by Gasteiger charge is -2.35. The zero-order valence-electron chi connectivity index (χ0n) is 8.71. The summed E-state index contributed by atoms with van der Waals surface area (Å²) in [5, 5.41) is 0. The maximum Gasteiger partial charge on any atom is 0.139 e. The fourth-order valence-corrected chi connectivity index (χ4v) is 3.89. The van der Waals surface area contributed by atoms with Gasteiger partial charge in [-0.2, -0.15) is 0 Å². The molecule has 0 radical (unpaired) electrons. The van der Waals surface area contributed by atoms with Gasteiger partial charge in [-0.25, -0.2) is 8.78 Å². The first kappa shape index (κ1) is 10.5. The number of hydrogen-bond acceptors (Lipinski definition) is 2. The van der Waals surface area contributed by atoms with E-state index in [4.69, 9.17) is 4.74 Å². The fourth-order valence-electron chi connectivity index (χ4n) is 2.41. The Morgan fingerprint density at radius 2 is 2.31 bits per heavy atom. The predicted molar refractivity (Wildman–Crippen MR) is 59.0 cm³/mol. The van der Waals surface area contributed by atoms with Gasteiger partial charge in [0, 0.05) is 17.1 Å². The standard InChI is InChI=1S/C12H12F2OS/c13-9-2-1-3-10-8(9)6-12(16-10)4-5-15-7-11(12)14/h1-3,11H,4-7H2. The van der Waals surface area contributed by atoms with Crippen LogP contribution >= 0.6 is 11.8 Å². The minimum atomic E-state index is -1.00. The molecular weight excluding hydrogens is 230 g/mol. The number of ether oxygens (including phenoxy) is 1. The highest BCUT2D eigenvalue weighted by Crippen LogP contribution is 2.51. The van der Waals surface area contributed by atoms with E-state index < -0.39 is 10.9 Å². The molecule has 2 atom stereocenters. The van der Waals surface area contributed by atoms with Crippen LogP contribution in [0.3, 0.4) is 0 Å². The summed E-state index contributed by atoms with van der Waals surface area (Å²) in [6, 6.07) is 5.01. The van der Waals surface area contributed by atoms with Crippen molar-refractivity contribution in [2.75, 3.05) is 13.2 Å². The third kappa shape index (κ3) is 1.47. The molecule has 1 aromatic rings. The number of thioether (sulfide) groups is 1. The second kappa shape index (κ2) is 3.70.